The van der Waals surface area contributed by atoms with Gasteiger partial charge in [0, 0.05) is 12.6 Å². The van der Waals surface area contributed by atoms with Crippen molar-refractivity contribution >= 4 is 5.95 Å². The first-order valence-electron chi connectivity index (χ1n) is 5.92. The molecular formula is C13H16N4O3. The van der Waals surface area contributed by atoms with E-state index in [1.807, 2.05) is 6.07 Å². The van der Waals surface area contributed by atoms with Gasteiger partial charge in [0.05, 0.1) is 21.3 Å². The summed E-state index contributed by atoms with van der Waals surface area (Å²) in [7, 11) is 6.40. The summed E-state index contributed by atoms with van der Waals surface area (Å²) in [6.07, 6.45) is 0. The summed E-state index contributed by atoms with van der Waals surface area (Å²) in [5, 5.41) is 2.86. The molecule has 7 nitrogen and oxygen atoms in total. The fraction of sp³-hybridized carbons (Fsp3) is 0.308. The maximum Gasteiger partial charge on any atom is 0.321 e. The van der Waals surface area contributed by atoms with Crippen LogP contribution in [0.25, 0.3) is 11.4 Å². The zero-order valence-electron chi connectivity index (χ0n) is 11.8. The van der Waals surface area contributed by atoms with Crippen LogP contribution in [0.1, 0.15) is 0 Å². The molecule has 1 heterocycles. The molecule has 0 bridgehead atoms. The quantitative estimate of drug-likeness (QED) is 0.888. The Bertz CT molecular complexity index is 582. The van der Waals surface area contributed by atoms with Crippen LogP contribution in [-0.4, -0.2) is 43.3 Å². The van der Waals surface area contributed by atoms with Crippen molar-refractivity contribution in [2.24, 2.45) is 0 Å². The topological polar surface area (TPSA) is 78.4 Å². The van der Waals surface area contributed by atoms with Gasteiger partial charge in [-0.1, -0.05) is 0 Å². The van der Waals surface area contributed by atoms with Crippen LogP contribution in [0.3, 0.4) is 0 Å². The van der Waals surface area contributed by atoms with Gasteiger partial charge in [-0.05, 0) is 18.2 Å². The van der Waals surface area contributed by atoms with E-state index >= 15 is 0 Å². The van der Waals surface area contributed by atoms with E-state index in [4.69, 9.17) is 14.2 Å². The van der Waals surface area contributed by atoms with E-state index in [-0.39, 0.29) is 6.01 Å². The van der Waals surface area contributed by atoms with Gasteiger partial charge in [-0.25, -0.2) is 0 Å². The largest absolute Gasteiger partial charge is 0.493 e. The highest BCUT2D eigenvalue weighted by molar-refractivity contribution is 5.62. The Morgan fingerprint density at radius 2 is 1.65 bits per heavy atom. The number of ether oxygens (including phenoxy) is 3. The molecule has 0 amide bonds. The number of rotatable bonds is 5. The first-order valence-corrected chi connectivity index (χ1v) is 5.92. The van der Waals surface area contributed by atoms with Crippen molar-refractivity contribution in [3.63, 3.8) is 0 Å². The first-order chi connectivity index (χ1) is 9.71. The number of aromatic nitrogens is 3. The molecule has 0 atom stereocenters. The fourth-order valence-electron chi connectivity index (χ4n) is 1.66. The third-order valence-electron chi connectivity index (χ3n) is 2.66. The molecule has 0 aliphatic heterocycles. The molecule has 1 N–H and O–H groups in total. The van der Waals surface area contributed by atoms with Crippen molar-refractivity contribution in [2.75, 3.05) is 33.7 Å². The lowest BCUT2D eigenvalue weighted by molar-refractivity contribution is 0.355. The number of anilines is 1. The number of hydrogen-bond donors (Lipinski definition) is 1. The van der Waals surface area contributed by atoms with Crippen LogP contribution < -0.4 is 19.5 Å². The molecule has 0 aliphatic carbocycles. The molecule has 20 heavy (non-hydrogen) atoms. The molecule has 0 unspecified atom stereocenters. The van der Waals surface area contributed by atoms with Gasteiger partial charge < -0.3 is 19.5 Å². The summed E-state index contributed by atoms with van der Waals surface area (Å²) in [5.74, 6) is 2.17. The SMILES string of the molecule is CNc1nc(OC)nc(-c2ccc(OC)c(OC)c2)n1. The maximum absolute atomic E-state index is 5.27. The summed E-state index contributed by atoms with van der Waals surface area (Å²) in [6, 6.07) is 5.68. The van der Waals surface area contributed by atoms with Crippen molar-refractivity contribution in [3.05, 3.63) is 18.2 Å². The highest BCUT2D eigenvalue weighted by Crippen LogP contribution is 2.31. The smallest absolute Gasteiger partial charge is 0.321 e. The average molecular weight is 276 g/mol. The lowest BCUT2D eigenvalue weighted by Crippen LogP contribution is -2.03. The van der Waals surface area contributed by atoms with Crippen LogP contribution >= 0.6 is 0 Å². The van der Waals surface area contributed by atoms with Crippen molar-refractivity contribution < 1.29 is 14.2 Å². The van der Waals surface area contributed by atoms with E-state index in [0.717, 1.165) is 5.56 Å². The molecule has 0 saturated carbocycles. The predicted molar refractivity (Wildman–Crippen MR) is 74.5 cm³/mol. The van der Waals surface area contributed by atoms with Gasteiger partial charge >= 0.3 is 6.01 Å². The Morgan fingerprint density at radius 1 is 0.900 bits per heavy atom. The number of methoxy groups -OCH3 is 3. The summed E-state index contributed by atoms with van der Waals surface area (Å²) >= 11 is 0. The van der Waals surface area contributed by atoms with E-state index < -0.39 is 0 Å². The lowest BCUT2D eigenvalue weighted by atomic mass is 10.2. The van der Waals surface area contributed by atoms with Crippen molar-refractivity contribution in [1.29, 1.82) is 0 Å². The van der Waals surface area contributed by atoms with Gasteiger partial charge in [0.2, 0.25) is 5.95 Å². The average Bonchev–Trinajstić information content (AvgIpc) is 2.53. The van der Waals surface area contributed by atoms with Gasteiger partial charge in [-0.15, -0.1) is 0 Å². The van der Waals surface area contributed by atoms with Crippen LogP contribution in [0.5, 0.6) is 17.5 Å². The predicted octanol–water partition coefficient (Wildman–Crippen LogP) is 1.61. The van der Waals surface area contributed by atoms with E-state index in [9.17, 15) is 0 Å². The number of benzene rings is 1. The molecule has 1 aromatic heterocycles. The molecule has 0 spiro atoms. The van der Waals surface area contributed by atoms with E-state index in [0.29, 0.717) is 23.3 Å². The number of hydrogen-bond acceptors (Lipinski definition) is 7. The van der Waals surface area contributed by atoms with E-state index in [1.165, 1.54) is 7.11 Å². The molecule has 0 saturated heterocycles. The van der Waals surface area contributed by atoms with Crippen molar-refractivity contribution in [2.45, 2.75) is 0 Å². The zero-order valence-corrected chi connectivity index (χ0v) is 11.8. The first kappa shape index (κ1) is 13.9. The van der Waals surface area contributed by atoms with Crippen molar-refractivity contribution in [3.8, 4) is 28.9 Å². The molecule has 2 aromatic rings. The molecule has 106 valence electrons. The molecular weight excluding hydrogens is 260 g/mol. The second kappa shape index (κ2) is 6.05. The van der Waals surface area contributed by atoms with E-state index in [2.05, 4.69) is 20.3 Å². The monoisotopic (exact) mass is 276 g/mol. The van der Waals surface area contributed by atoms with Gasteiger partial charge in [0.15, 0.2) is 17.3 Å². The second-order valence-electron chi connectivity index (χ2n) is 3.79. The van der Waals surface area contributed by atoms with Crippen molar-refractivity contribution in [1.82, 2.24) is 15.0 Å². The van der Waals surface area contributed by atoms with Crippen LogP contribution in [0, 0.1) is 0 Å². The Hall–Kier alpha value is -2.57. The van der Waals surface area contributed by atoms with Crippen LogP contribution in [-0.2, 0) is 0 Å². The van der Waals surface area contributed by atoms with Crippen LogP contribution in [0.2, 0.25) is 0 Å². The highest BCUT2D eigenvalue weighted by Gasteiger charge is 2.11. The second-order valence-corrected chi connectivity index (χ2v) is 3.79. The summed E-state index contributed by atoms with van der Waals surface area (Å²) in [4.78, 5) is 12.6. The van der Waals surface area contributed by atoms with Gasteiger partial charge in [-0.3, -0.25) is 0 Å². The zero-order chi connectivity index (χ0) is 14.5. The summed E-state index contributed by atoms with van der Waals surface area (Å²) in [6.45, 7) is 0. The minimum absolute atomic E-state index is 0.245. The molecule has 2 rings (SSSR count). The molecule has 1 aromatic carbocycles. The standard InChI is InChI=1S/C13H16N4O3/c1-14-12-15-11(16-13(17-12)20-4)8-5-6-9(18-2)10(7-8)19-3/h5-7H,1-4H3,(H,14,15,16,17). The molecule has 0 radical (unpaired) electrons. The Labute approximate surface area is 116 Å². The lowest BCUT2D eigenvalue weighted by Gasteiger charge is -2.10. The van der Waals surface area contributed by atoms with Gasteiger partial charge in [0.25, 0.3) is 0 Å². The Balaban J connectivity index is 2.50. The Morgan fingerprint density at radius 3 is 2.25 bits per heavy atom. The molecule has 0 fully saturated rings. The molecule has 7 heteroatoms. The fourth-order valence-corrected chi connectivity index (χ4v) is 1.66. The Kier molecular flexibility index (Phi) is 4.19. The minimum Gasteiger partial charge on any atom is -0.493 e. The van der Waals surface area contributed by atoms with Gasteiger partial charge in [-0.2, -0.15) is 15.0 Å². The van der Waals surface area contributed by atoms with Crippen LogP contribution in [0.4, 0.5) is 5.95 Å². The maximum atomic E-state index is 5.27. The third-order valence-corrected chi connectivity index (χ3v) is 2.66. The number of nitrogens with one attached hydrogen (secondary N) is 1. The van der Waals surface area contributed by atoms with E-state index in [1.54, 1.807) is 33.4 Å². The molecule has 0 aliphatic rings. The highest BCUT2D eigenvalue weighted by atomic mass is 16.5. The normalized spacial score (nSPS) is 10.0. The third kappa shape index (κ3) is 2.71. The summed E-state index contributed by atoms with van der Waals surface area (Å²) < 4.78 is 15.5. The number of nitrogens with zero attached hydrogens (tertiary/aromatic N) is 3. The van der Waals surface area contributed by atoms with Crippen LogP contribution in [0.15, 0.2) is 18.2 Å². The van der Waals surface area contributed by atoms with Gasteiger partial charge in [0.1, 0.15) is 0 Å². The summed E-state index contributed by atoms with van der Waals surface area (Å²) in [5.41, 5.74) is 0.778. The minimum atomic E-state index is 0.245.